The molecule has 0 aliphatic carbocycles. The molecule has 3 amide bonds. The normalized spacial score (nSPS) is 23.9. The molecular weight excluding hydrogens is 531 g/mol. The lowest BCUT2D eigenvalue weighted by molar-refractivity contribution is -0.119. The van der Waals surface area contributed by atoms with Crippen LogP contribution in [-0.2, 0) is 11.8 Å². The zero-order chi connectivity index (χ0) is 26.7. The number of carbonyl (C=O) groups excluding carboxylic acids is 2. The van der Waals surface area contributed by atoms with Gasteiger partial charge in [0.1, 0.15) is 5.25 Å². The Balaban J connectivity index is 1.44. The summed E-state index contributed by atoms with van der Waals surface area (Å²) in [5.41, 5.74) is 1.61. The molecule has 0 spiro atoms. The van der Waals surface area contributed by atoms with Gasteiger partial charge in [-0.1, -0.05) is 11.6 Å². The molecule has 1 aromatic carbocycles. The van der Waals surface area contributed by atoms with Crippen molar-refractivity contribution in [3.05, 3.63) is 53.2 Å². The van der Waals surface area contributed by atoms with Gasteiger partial charge in [0.2, 0.25) is 0 Å². The third-order valence-corrected chi connectivity index (χ3v) is 9.25. The van der Waals surface area contributed by atoms with Crippen LogP contribution in [0.1, 0.15) is 18.4 Å². The molecule has 5 heterocycles. The quantitative estimate of drug-likeness (QED) is 0.467. The summed E-state index contributed by atoms with van der Waals surface area (Å²) in [6.45, 7) is 1.43. The lowest BCUT2D eigenvalue weighted by atomic mass is 10.0. The van der Waals surface area contributed by atoms with Crippen molar-refractivity contribution in [1.29, 1.82) is 0 Å². The molecule has 198 valence electrons. The number of likely N-dealkylation sites (N-methyl/N-ethyl adjacent to an activating group) is 1. The number of fused-ring (bicyclic) bond motifs is 2. The number of aromatic nitrogens is 3. The van der Waals surface area contributed by atoms with Crippen molar-refractivity contribution in [3.63, 3.8) is 0 Å². The van der Waals surface area contributed by atoms with Crippen LogP contribution < -0.4 is 9.64 Å². The second kappa shape index (κ2) is 9.55. The number of hydrogen-bond donors (Lipinski definition) is 0. The van der Waals surface area contributed by atoms with Gasteiger partial charge in [0.05, 0.1) is 41.8 Å². The molecule has 0 N–H and O–H groups in total. The SMILES string of the molecule is COc1cc(C2=CC3C(S2)C(=O)N(c2cncc4cnn(C)c24)C(=O)N3CC2CCCN2C)c(Cl)cc1F. The highest BCUT2D eigenvalue weighted by Crippen LogP contribution is 2.48. The number of thioether (sulfide) groups is 1. The average Bonchev–Trinajstić information content (AvgIpc) is 3.61. The number of methoxy groups -OCH3 is 1. The monoisotopic (exact) mass is 556 g/mol. The maximum Gasteiger partial charge on any atom is 0.332 e. The molecule has 2 fully saturated rings. The number of hydrogen-bond acceptors (Lipinski definition) is 7. The van der Waals surface area contributed by atoms with Crippen molar-refractivity contribution in [2.24, 2.45) is 7.05 Å². The fourth-order valence-corrected chi connectivity index (χ4v) is 7.24. The van der Waals surface area contributed by atoms with E-state index in [0.29, 0.717) is 28.2 Å². The maximum absolute atomic E-state index is 14.3. The Labute approximate surface area is 228 Å². The van der Waals surface area contributed by atoms with Crippen molar-refractivity contribution >= 4 is 56.8 Å². The van der Waals surface area contributed by atoms with E-state index in [-0.39, 0.29) is 22.7 Å². The number of aryl methyl sites for hydroxylation is 1. The van der Waals surface area contributed by atoms with Crippen LogP contribution in [-0.4, -0.2) is 81.1 Å². The third-order valence-electron chi connectivity index (χ3n) is 7.59. The molecule has 0 radical (unpaired) electrons. The van der Waals surface area contributed by atoms with Crippen molar-refractivity contribution in [3.8, 4) is 5.75 Å². The van der Waals surface area contributed by atoms with Crippen LogP contribution in [0.2, 0.25) is 5.02 Å². The molecule has 9 nitrogen and oxygen atoms in total. The molecule has 12 heteroatoms. The van der Waals surface area contributed by atoms with Crippen LogP contribution in [0.5, 0.6) is 5.75 Å². The van der Waals surface area contributed by atoms with E-state index in [1.807, 2.05) is 6.08 Å². The van der Waals surface area contributed by atoms with Gasteiger partial charge in [0.15, 0.2) is 11.6 Å². The highest BCUT2D eigenvalue weighted by molar-refractivity contribution is 8.09. The molecule has 3 aliphatic heterocycles. The minimum atomic E-state index is -0.606. The van der Waals surface area contributed by atoms with Gasteiger partial charge in [0, 0.05) is 41.7 Å². The van der Waals surface area contributed by atoms with Crippen LogP contribution in [0.25, 0.3) is 15.8 Å². The number of ether oxygens (including phenoxy) is 1. The number of likely N-dealkylation sites (tertiary alicyclic amines) is 1. The Bertz CT molecular complexity index is 1500. The van der Waals surface area contributed by atoms with Gasteiger partial charge in [-0.25, -0.2) is 14.1 Å². The smallest absolute Gasteiger partial charge is 0.332 e. The molecule has 3 unspecified atom stereocenters. The van der Waals surface area contributed by atoms with Crippen molar-refractivity contribution in [2.45, 2.75) is 30.2 Å². The first-order valence-corrected chi connectivity index (χ1v) is 13.6. The zero-order valence-corrected chi connectivity index (χ0v) is 22.7. The first-order chi connectivity index (χ1) is 18.3. The Hall–Kier alpha value is -3.15. The summed E-state index contributed by atoms with van der Waals surface area (Å²) < 4.78 is 21.1. The molecule has 0 saturated carbocycles. The molecule has 6 rings (SSSR count). The number of halogens is 2. The number of pyridine rings is 1. The summed E-state index contributed by atoms with van der Waals surface area (Å²) in [5.74, 6) is -0.849. The lowest BCUT2D eigenvalue weighted by Gasteiger charge is -2.42. The molecular formula is C26H26ClFN6O3S. The first-order valence-electron chi connectivity index (χ1n) is 12.3. The van der Waals surface area contributed by atoms with Crippen LogP contribution in [0.15, 0.2) is 36.8 Å². The Morgan fingerprint density at radius 2 is 2.03 bits per heavy atom. The van der Waals surface area contributed by atoms with Crippen LogP contribution in [0, 0.1) is 5.82 Å². The molecule has 0 bridgehead atoms. The summed E-state index contributed by atoms with van der Waals surface area (Å²) in [5, 5.41) is 4.64. The van der Waals surface area contributed by atoms with Crippen molar-refractivity contribution in [1.82, 2.24) is 24.6 Å². The first kappa shape index (κ1) is 25.1. The molecule has 2 saturated heterocycles. The predicted octanol–water partition coefficient (Wildman–Crippen LogP) is 4.16. The largest absolute Gasteiger partial charge is 0.494 e. The number of nitrogens with zero attached hydrogens (tertiary/aromatic N) is 6. The van der Waals surface area contributed by atoms with E-state index in [1.165, 1.54) is 42.1 Å². The van der Waals surface area contributed by atoms with Gasteiger partial charge in [-0.05, 0) is 44.6 Å². The summed E-state index contributed by atoms with van der Waals surface area (Å²) in [4.78, 5) is 38.4. The Morgan fingerprint density at radius 3 is 2.76 bits per heavy atom. The van der Waals surface area contributed by atoms with E-state index in [2.05, 4.69) is 22.0 Å². The van der Waals surface area contributed by atoms with E-state index in [1.54, 1.807) is 29.0 Å². The molecule has 3 aliphatic rings. The average molecular weight is 557 g/mol. The summed E-state index contributed by atoms with van der Waals surface area (Å²) >= 11 is 7.77. The molecule has 3 atom stereocenters. The van der Waals surface area contributed by atoms with Crippen LogP contribution >= 0.6 is 23.4 Å². The Morgan fingerprint density at radius 1 is 1.21 bits per heavy atom. The van der Waals surface area contributed by atoms with Gasteiger partial charge in [0.25, 0.3) is 5.91 Å². The van der Waals surface area contributed by atoms with Gasteiger partial charge >= 0.3 is 6.03 Å². The second-order valence-corrected chi connectivity index (χ2v) is 11.4. The number of urea groups is 1. The Kier molecular flexibility index (Phi) is 6.32. The fourth-order valence-electron chi connectivity index (χ4n) is 5.58. The fraction of sp³-hybridized carbons (Fsp3) is 0.385. The second-order valence-electron chi connectivity index (χ2n) is 9.78. The third kappa shape index (κ3) is 3.95. The number of anilines is 1. The highest BCUT2D eigenvalue weighted by Gasteiger charge is 2.51. The number of carbonyl (C=O) groups is 2. The molecule has 2 aromatic heterocycles. The number of imide groups is 1. The van der Waals surface area contributed by atoms with E-state index in [4.69, 9.17) is 16.3 Å². The van der Waals surface area contributed by atoms with E-state index in [9.17, 15) is 14.0 Å². The van der Waals surface area contributed by atoms with Gasteiger partial charge < -0.3 is 14.5 Å². The van der Waals surface area contributed by atoms with Crippen LogP contribution in [0.4, 0.5) is 14.9 Å². The van der Waals surface area contributed by atoms with Gasteiger partial charge in [-0.15, -0.1) is 11.8 Å². The molecule has 38 heavy (non-hydrogen) atoms. The zero-order valence-electron chi connectivity index (χ0n) is 21.1. The number of benzene rings is 1. The van der Waals surface area contributed by atoms with Gasteiger partial charge in [-0.2, -0.15) is 5.10 Å². The predicted molar refractivity (Wildman–Crippen MR) is 145 cm³/mol. The topological polar surface area (TPSA) is 83.8 Å². The summed E-state index contributed by atoms with van der Waals surface area (Å²) in [7, 11) is 5.22. The standard InChI is InChI=1S/C26H26ClFN6O3S/c1-31-6-4-5-15(31)13-33-19-9-22(16-7-21(37-3)18(28)8-17(16)27)38-24(19)25(35)34(26(33)36)20-12-29-10-14-11-30-32(2)23(14)20/h7-12,15,19,24H,4-6,13H2,1-3H3. The van der Waals surface area contributed by atoms with E-state index < -0.39 is 23.1 Å². The maximum atomic E-state index is 14.3. The molecule has 3 aromatic rings. The van der Waals surface area contributed by atoms with E-state index in [0.717, 1.165) is 24.8 Å². The van der Waals surface area contributed by atoms with Crippen molar-refractivity contribution < 1.29 is 18.7 Å². The van der Waals surface area contributed by atoms with E-state index >= 15 is 0 Å². The number of rotatable bonds is 5. The van der Waals surface area contributed by atoms with Crippen LogP contribution in [0.3, 0.4) is 0 Å². The summed E-state index contributed by atoms with van der Waals surface area (Å²) in [6.07, 6.45) is 8.78. The highest BCUT2D eigenvalue weighted by atomic mass is 35.5. The van der Waals surface area contributed by atoms with Crippen molar-refractivity contribution in [2.75, 3.05) is 32.1 Å². The number of amides is 3. The van der Waals surface area contributed by atoms with Gasteiger partial charge in [-0.3, -0.25) is 14.5 Å². The summed E-state index contributed by atoms with van der Waals surface area (Å²) in [6, 6.07) is 2.04. The minimum absolute atomic E-state index is 0.0585. The lowest BCUT2D eigenvalue weighted by Crippen LogP contribution is -2.63. The minimum Gasteiger partial charge on any atom is -0.494 e.